The van der Waals surface area contributed by atoms with Gasteiger partial charge in [0.05, 0.1) is 16.4 Å². The third kappa shape index (κ3) is 2.47. The van der Waals surface area contributed by atoms with Crippen molar-refractivity contribution >= 4 is 15.9 Å². The highest BCUT2D eigenvalue weighted by atomic mass is 79.9. The van der Waals surface area contributed by atoms with Crippen LogP contribution in [0.3, 0.4) is 0 Å². The van der Waals surface area contributed by atoms with Crippen molar-refractivity contribution in [1.29, 1.82) is 0 Å². The number of pyridine rings is 1. The summed E-state index contributed by atoms with van der Waals surface area (Å²) in [4.78, 5) is 4.04. The van der Waals surface area contributed by atoms with Crippen LogP contribution in [0.4, 0.5) is 0 Å². The molecule has 18 heavy (non-hydrogen) atoms. The zero-order chi connectivity index (χ0) is 13.1. The number of aryl methyl sites for hydroxylation is 2. The van der Waals surface area contributed by atoms with E-state index in [-0.39, 0.29) is 0 Å². The topological polar surface area (TPSA) is 50.9 Å². The summed E-state index contributed by atoms with van der Waals surface area (Å²) >= 11 is 3.45. The number of nitrogens with zero attached hydrogens (tertiary/aromatic N) is 3. The molecular formula is C13H16BrN3O. The molecule has 0 aliphatic carbocycles. The Morgan fingerprint density at radius 3 is 2.89 bits per heavy atom. The average Bonchev–Trinajstić information content (AvgIpc) is 2.71. The van der Waals surface area contributed by atoms with Crippen molar-refractivity contribution in [3.63, 3.8) is 0 Å². The van der Waals surface area contributed by atoms with E-state index in [0.29, 0.717) is 0 Å². The van der Waals surface area contributed by atoms with Gasteiger partial charge in [-0.3, -0.25) is 9.67 Å². The predicted octanol–water partition coefficient (Wildman–Crippen LogP) is 2.84. The summed E-state index contributed by atoms with van der Waals surface area (Å²) < 4.78 is 2.67. The molecule has 1 unspecified atom stereocenters. The monoisotopic (exact) mass is 309 g/mol. The molecule has 2 heterocycles. The maximum absolute atomic E-state index is 10.5. The Labute approximate surface area is 115 Å². The zero-order valence-electron chi connectivity index (χ0n) is 10.5. The van der Waals surface area contributed by atoms with Crippen molar-refractivity contribution in [1.82, 2.24) is 14.8 Å². The number of rotatable bonds is 4. The van der Waals surface area contributed by atoms with Gasteiger partial charge < -0.3 is 5.11 Å². The number of hydrogen-bond acceptors (Lipinski definition) is 3. The molecule has 2 rings (SSSR count). The highest BCUT2D eigenvalue weighted by molar-refractivity contribution is 9.10. The fourth-order valence-electron chi connectivity index (χ4n) is 1.97. The second-order valence-corrected chi connectivity index (χ2v) is 5.09. The lowest BCUT2D eigenvalue weighted by Crippen LogP contribution is -2.11. The van der Waals surface area contributed by atoms with E-state index in [1.165, 1.54) is 0 Å². The summed E-state index contributed by atoms with van der Waals surface area (Å²) in [5, 5.41) is 14.8. The van der Waals surface area contributed by atoms with Gasteiger partial charge >= 0.3 is 0 Å². The van der Waals surface area contributed by atoms with E-state index in [4.69, 9.17) is 0 Å². The second-order valence-electron chi connectivity index (χ2n) is 4.24. The minimum absolute atomic E-state index is 0.684. The smallest absolute Gasteiger partial charge is 0.122 e. The third-order valence-corrected chi connectivity index (χ3v) is 3.50. The van der Waals surface area contributed by atoms with Gasteiger partial charge in [0.2, 0.25) is 0 Å². The van der Waals surface area contributed by atoms with Gasteiger partial charge in [0.25, 0.3) is 0 Å². The maximum atomic E-state index is 10.5. The van der Waals surface area contributed by atoms with Crippen molar-refractivity contribution in [2.24, 2.45) is 0 Å². The second kappa shape index (κ2) is 5.63. The van der Waals surface area contributed by atoms with E-state index in [1.807, 2.05) is 17.7 Å². The van der Waals surface area contributed by atoms with Crippen molar-refractivity contribution in [3.8, 4) is 0 Å². The van der Waals surface area contributed by atoms with Gasteiger partial charge in [-0.05, 0) is 46.5 Å². The van der Waals surface area contributed by atoms with Gasteiger partial charge in [-0.2, -0.15) is 5.10 Å². The van der Waals surface area contributed by atoms with E-state index < -0.39 is 6.10 Å². The molecule has 0 spiro atoms. The lowest BCUT2D eigenvalue weighted by molar-refractivity contribution is 0.205. The molecule has 4 nitrogen and oxygen atoms in total. The quantitative estimate of drug-likeness (QED) is 0.945. The number of aromatic nitrogens is 3. The first-order valence-electron chi connectivity index (χ1n) is 5.95. The Morgan fingerprint density at radius 2 is 2.22 bits per heavy atom. The molecule has 0 fully saturated rings. The molecule has 0 saturated carbocycles. The molecule has 0 aromatic carbocycles. The first kappa shape index (κ1) is 13.2. The zero-order valence-corrected chi connectivity index (χ0v) is 12.1. The first-order chi connectivity index (χ1) is 8.65. The number of aliphatic hydroxyl groups is 1. The van der Waals surface area contributed by atoms with Crippen molar-refractivity contribution < 1.29 is 5.11 Å². The van der Waals surface area contributed by atoms with Crippen LogP contribution in [0, 0.1) is 6.92 Å². The molecule has 0 saturated heterocycles. The van der Waals surface area contributed by atoms with E-state index in [9.17, 15) is 5.11 Å². The summed E-state index contributed by atoms with van der Waals surface area (Å²) in [7, 11) is 0. The minimum Gasteiger partial charge on any atom is -0.382 e. The number of hydrogen-bond donors (Lipinski definition) is 1. The average molecular weight is 310 g/mol. The van der Waals surface area contributed by atoms with Crippen LogP contribution < -0.4 is 0 Å². The van der Waals surface area contributed by atoms with Crippen molar-refractivity contribution in [2.75, 3.05) is 0 Å². The Morgan fingerprint density at radius 1 is 1.44 bits per heavy atom. The summed E-state index contributed by atoms with van der Waals surface area (Å²) in [5.74, 6) is 0. The molecule has 2 aromatic rings. The largest absolute Gasteiger partial charge is 0.382 e. The molecule has 1 atom stereocenters. The SMILES string of the molecule is CCCn1ncc(Br)c1C(O)c1ccncc1C. The Bertz CT molecular complexity index is 539. The molecule has 0 aliphatic heterocycles. The summed E-state index contributed by atoms with van der Waals surface area (Å²) in [6, 6.07) is 1.84. The molecule has 0 radical (unpaired) electrons. The maximum Gasteiger partial charge on any atom is 0.122 e. The molecular weight excluding hydrogens is 294 g/mol. The predicted molar refractivity (Wildman–Crippen MR) is 73.3 cm³/mol. The first-order valence-corrected chi connectivity index (χ1v) is 6.74. The third-order valence-electron chi connectivity index (χ3n) is 2.89. The van der Waals surface area contributed by atoms with Gasteiger partial charge in [-0.15, -0.1) is 0 Å². The van der Waals surface area contributed by atoms with Crippen molar-refractivity contribution in [3.05, 3.63) is 46.0 Å². The van der Waals surface area contributed by atoms with Gasteiger partial charge in [0.15, 0.2) is 0 Å². The molecule has 96 valence electrons. The Balaban J connectivity index is 2.42. The van der Waals surface area contributed by atoms with Crippen LogP contribution >= 0.6 is 15.9 Å². The highest BCUT2D eigenvalue weighted by Crippen LogP contribution is 2.29. The van der Waals surface area contributed by atoms with Crippen LogP contribution in [0.5, 0.6) is 0 Å². The van der Waals surface area contributed by atoms with Crippen LogP contribution in [-0.2, 0) is 6.54 Å². The van der Waals surface area contributed by atoms with Crippen LogP contribution in [0.25, 0.3) is 0 Å². The molecule has 0 aliphatic rings. The summed E-state index contributed by atoms with van der Waals surface area (Å²) in [6.45, 7) is 4.82. The van der Waals surface area contributed by atoms with Crippen LogP contribution in [0.2, 0.25) is 0 Å². The molecule has 2 aromatic heterocycles. The van der Waals surface area contributed by atoms with E-state index in [0.717, 1.165) is 34.3 Å². The number of aliphatic hydroxyl groups excluding tert-OH is 1. The van der Waals surface area contributed by atoms with Crippen LogP contribution in [0.15, 0.2) is 29.1 Å². The fourth-order valence-corrected chi connectivity index (χ4v) is 2.49. The van der Waals surface area contributed by atoms with E-state index in [2.05, 4.69) is 32.9 Å². The van der Waals surface area contributed by atoms with Gasteiger partial charge in [-0.1, -0.05) is 6.92 Å². The lowest BCUT2D eigenvalue weighted by Gasteiger charge is -2.16. The normalized spacial score (nSPS) is 12.7. The van der Waals surface area contributed by atoms with Crippen LogP contribution in [-0.4, -0.2) is 19.9 Å². The Hall–Kier alpha value is -1.20. The summed E-state index contributed by atoms with van der Waals surface area (Å²) in [6.07, 6.45) is 5.47. The van der Waals surface area contributed by atoms with Gasteiger partial charge in [-0.25, -0.2) is 0 Å². The molecule has 0 amide bonds. The molecule has 5 heteroatoms. The number of halogens is 1. The minimum atomic E-state index is -0.684. The van der Waals surface area contributed by atoms with Crippen molar-refractivity contribution in [2.45, 2.75) is 32.9 Å². The standard InChI is InChI=1S/C13H16BrN3O/c1-3-6-17-12(11(14)8-16-17)13(18)10-4-5-15-7-9(10)2/h4-5,7-8,13,18H,3,6H2,1-2H3. The van der Waals surface area contributed by atoms with Gasteiger partial charge in [0.1, 0.15) is 6.10 Å². The van der Waals surface area contributed by atoms with Gasteiger partial charge in [0, 0.05) is 18.9 Å². The molecule has 0 bridgehead atoms. The summed E-state index contributed by atoms with van der Waals surface area (Å²) in [5.41, 5.74) is 2.64. The lowest BCUT2D eigenvalue weighted by atomic mass is 10.0. The Kier molecular flexibility index (Phi) is 4.14. The fraction of sp³-hybridized carbons (Fsp3) is 0.385. The molecule has 1 N–H and O–H groups in total. The van der Waals surface area contributed by atoms with Crippen LogP contribution in [0.1, 0.15) is 36.3 Å². The highest BCUT2D eigenvalue weighted by Gasteiger charge is 2.20. The van der Waals surface area contributed by atoms with E-state index >= 15 is 0 Å². The van der Waals surface area contributed by atoms with E-state index in [1.54, 1.807) is 18.6 Å².